The van der Waals surface area contributed by atoms with Gasteiger partial charge in [-0.25, -0.2) is 4.68 Å². The van der Waals surface area contributed by atoms with Crippen LogP contribution in [0.4, 0.5) is 0 Å². The molecule has 1 aromatic carbocycles. The van der Waals surface area contributed by atoms with Crippen LogP contribution in [-0.4, -0.2) is 33.3 Å². The molecule has 0 unspecified atom stereocenters. The topological polar surface area (TPSA) is 84.2 Å². The van der Waals surface area contributed by atoms with E-state index >= 15 is 0 Å². The summed E-state index contributed by atoms with van der Waals surface area (Å²) < 4.78 is 1.76. The number of carbonyl (C=O) groups is 2. The number of hydrogen-bond donors (Lipinski definition) is 2. The maximum atomic E-state index is 12.3. The summed E-state index contributed by atoms with van der Waals surface area (Å²) in [5, 5.41) is 15.6. The quantitative estimate of drug-likeness (QED) is 0.858. The van der Waals surface area contributed by atoms with Crippen LogP contribution in [0.1, 0.15) is 47.8 Å². The van der Waals surface area contributed by atoms with Crippen LogP contribution in [0, 0.1) is 6.92 Å². The fraction of sp³-hybridized carbons (Fsp3) is 0.353. The van der Waals surface area contributed by atoms with Crippen LogP contribution in [-0.2, 0) is 4.79 Å². The highest BCUT2D eigenvalue weighted by molar-refractivity contribution is 5.95. The molecule has 2 N–H and O–H groups in total. The third kappa shape index (κ3) is 3.97. The normalized spacial score (nSPS) is 10.8. The highest BCUT2D eigenvalue weighted by Gasteiger charge is 2.20. The Bertz CT molecular complexity index is 702. The molecule has 2 aromatic rings. The van der Waals surface area contributed by atoms with Crippen molar-refractivity contribution in [3.05, 3.63) is 47.3 Å². The van der Waals surface area contributed by atoms with Crippen LogP contribution in [0.5, 0.6) is 0 Å². The highest BCUT2D eigenvalue weighted by Crippen LogP contribution is 2.23. The van der Waals surface area contributed by atoms with E-state index in [0.717, 1.165) is 16.9 Å². The number of carbonyl (C=O) groups excluding carboxylic acids is 1. The van der Waals surface area contributed by atoms with Crippen LogP contribution in [0.3, 0.4) is 0 Å². The van der Waals surface area contributed by atoms with E-state index in [-0.39, 0.29) is 24.8 Å². The fourth-order valence-electron chi connectivity index (χ4n) is 2.36. The van der Waals surface area contributed by atoms with E-state index < -0.39 is 5.97 Å². The first-order valence-electron chi connectivity index (χ1n) is 7.55. The summed E-state index contributed by atoms with van der Waals surface area (Å²) in [7, 11) is 0. The average Bonchev–Trinajstić information content (AvgIpc) is 2.92. The van der Waals surface area contributed by atoms with Crippen molar-refractivity contribution < 1.29 is 14.7 Å². The predicted octanol–water partition coefficient (Wildman–Crippen LogP) is 2.51. The Labute approximate surface area is 135 Å². The minimum atomic E-state index is -0.940. The Morgan fingerprint density at radius 1 is 1.26 bits per heavy atom. The van der Waals surface area contributed by atoms with Crippen molar-refractivity contribution in [2.75, 3.05) is 6.54 Å². The Balaban J connectivity index is 2.29. The molecule has 1 aromatic heterocycles. The van der Waals surface area contributed by atoms with Crippen molar-refractivity contribution in [2.24, 2.45) is 0 Å². The molecule has 6 heteroatoms. The van der Waals surface area contributed by atoms with Crippen LogP contribution in [0.2, 0.25) is 0 Å². The zero-order chi connectivity index (χ0) is 17.0. The smallest absolute Gasteiger partial charge is 0.305 e. The molecule has 0 spiro atoms. The van der Waals surface area contributed by atoms with Crippen molar-refractivity contribution in [1.29, 1.82) is 0 Å². The van der Waals surface area contributed by atoms with Gasteiger partial charge in [0.25, 0.3) is 5.91 Å². The zero-order valence-electron chi connectivity index (χ0n) is 13.5. The zero-order valence-corrected chi connectivity index (χ0v) is 13.5. The van der Waals surface area contributed by atoms with Crippen LogP contribution < -0.4 is 5.32 Å². The number of aliphatic carboxylic acids is 1. The molecule has 23 heavy (non-hydrogen) atoms. The van der Waals surface area contributed by atoms with Crippen molar-refractivity contribution >= 4 is 11.9 Å². The van der Waals surface area contributed by atoms with E-state index in [4.69, 9.17) is 5.11 Å². The monoisotopic (exact) mass is 315 g/mol. The number of nitrogens with one attached hydrogen (secondary N) is 1. The van der Waals surface area contributed by atoms with Gasteiger partial charge in [-0.1, -0.05) is 31.5 Å². The lowest BCUT2D eigenvalue weighted by Crippen LogP contribution is -2.27. The van der Waals surface area contributed by atoms with Crippen molar-refractivity contribution in [3.8, 4) is 5.69 Å². The molecule has 2 rings (SSSR count). The van der Waals surface area contributed by atoms with E-state index in [1.807, 2.05) is 45.0 Å². The van der Waals surface area contributed by atoms with Gasteiger partial charge in [0, 0.05) is 6.54 Å². The molecule has 1 amide bonds. The Morgan fingerprint density at radius 2 is 1.91 bits per heavy atom. The summed E-state index contributed by atoms with van der Waals surface area (Å²) in [4.78, 5) is 22.8. The third-order valence-corrected chi connectivity index (χ3v) is 3.50. The predicted molar refractivity (Wildman–Crippen MR) is 87.0 cm³/mol. The summed E-state index contributed by atoms with van der Waals surface area (Å²) in [6.07, 6.45) is 1.43. The van der Waals surface area contributed by atoms with E-state index in [2.05, 4.69) is 10.4 Å². The summed E-state index contributed by atoms with van der Waals surface area (Å²) >= 11 is 0. The first-order valence-corrected chi connectivity index (χ1v) is 7.55. The molecule has 1 heterocycles. The van der Waals surface area contributed by atoms with Gasteiger partial charge in [-0.2, -0.15) is 5.10 Å². The summed E-state index contributed by atoms with van der Waals surface area (Å²) in [6, 6.07) is 7.90. The third-order valence-electron chi connectivity index (χ3n) is 3.50. The highest BCUT2D eigenvalue weighted by atomic mass is 16.4. The minimum absolute atomic E-state index is 0.0963. The molecule has 0 aliphatic rings. The summed E-state index contributed by atoms with van der Waals surface area (Å²) in [5.74, 6) is -1.14. The van der Waals surface area contributed by atoms with Gasteiger partial charge in [-0.3, -0.25) is 9.59 Å². The molecule has 0 aliphatic heterocycles. The molecular weight excluding hydrogens is 294 g/mol. The Kier molecular flexibility index (Phi) is 5.16. The van der Waals surface area contributed by atoms with Crippen LogP contribution >= 0.6 is 0 Å². The van der Waals surface area contributed by atoms with Gasteiger partial charge in [-0.15, -0.1) is 0 Å². The SMILES string of the molecule is Cc1ccc(-n2ncc(C(=O)NCCC(=O)O)c2C(C)C)cc1. The average molecular weight is 315 g/mol. The number of carboxylic acids is 1. The largest absolute Gasteiger partial charge is 0.481 e. The van der Waals surface area contributed by atoms with Gasteiger partial charge in [0.15, 0.2) is 0 Å². The van der Waals surface area contributed by atoms with Crippen molar-refractivity contribution in [1.82, 2.24) is 15.1 Å². The molecular formula is C17H21N3O3. The molecule has 0 saturated carbocycles. The van der Waals surface area contributed by atoms with Gasteiger partial charge in [-0.05, 0) is 25.0 Å². The van der Waals surface area contributed by atoms with Gasteiger partial charge in [0.1, 0.15) is 0 Å². The lowest BCUT2D eigenvalue weighted by molar-refractivity contribution is -0.136. The van der Waals surface area contributed by atoms with Gasteiger partial charge >= 0.3 is 5.97 Å². The summed E-state index contributed by atoms with van der Waals surface area (Å²) in [6.45, 7) is 6.10. The van der Waals surface area contributed by atoms with Crippen LogP contribution in [0.25, 0.3) is 5.69 Å². The molecule has 6 nitrogen and oxygen atoms in total. The second-order valence-corrected chi connectivity index (χ2v) is 5.75. The number of rotatable bonds is 6. The molecule has 0 saturated heterocycles. The molecule has 0 radical (unpaired) electrons. The van der Waals surface area contributed by atoms with Crippen molar-refractivity contribution in [3.63, 3.8) is 0 Å². The van der Waals surface area contributed by atoms with Crippen molar-refractivity contribution in [2.45, 2.75) is 33.1 Å². The van der Waals surface area contributed by atoms with Crippen LogP contribution in [0.15, 0.2) is 30.5 Å². The molecule has 0 bridgehead atoms. The first kappa shape index (κ1) is 16.7. The second kappa shape index (κ2) is 7.09. The number of aromatic nitrogens is 2. The number of amides is 1. The fourth-order valence-corrected chi connectivity index (χ4v) is 2.36. The number of nitrogens with zero attached hydrogens (tertiary/aromatic N) is 2. The molecule has 122 valence electrons. The summed E-state index contributed by atoms with van der Waals surface area (Å²) in [5.41, 5.74) is 3.33. The standard InChI is InChI=1S/C17H21N3O3/c1-11(2)16-14(17(23)18-9-8-15(21)22)10-19-20(16)13-6-4-12(3)5-7-13/h4-7,10-11H,8-9H2,1-3H3,(H,18,23)(H,21,22). The lowest BCUT2D eigenvalue weighted by atomic mass is 10.0. The van der Waals surface area contributed by atoms with E-state index in [1.165, 1.54) is 6.20 Å². The lowest BCUT2D eigenvalue weighted by Gasteiger charge is -2.13. The van der Waals surface area contributed by atoms with Gasteiger partial charge < -0.3 is 10.4 Å². The van der Waals surface area contributed by atoms with Gasteiger partial charge in [0.2, 0.25) is 0 Å². The maximum absolute atomic E-state index is 12.3. The number of aryl methyl sites for hydroxylation is 1. The number of hydrogen-bond acceptors (Lipinski definition) is 3. The second-order valence-electron chi connectivity index (χ2n) is 5.75. The Morgan fingerprint density at radius 3 is 2.48 bits per heavy atom. The molecule has 0 fully saturated rings. The van der Waals surface area contributed by atoms with E-state index in [0.29, 0.717) is 5.56 Å². The molecule has 0 aliphatic carbocycles. The van der Waals surface area contributed by atoms with E-state index in [9.17, 15) is 9.59 Å². The maximum Gasteiger partial charge on any atom is 0.305 e. The van der Waals surface area contributed by atoms with Gasteiger partial charge in [0.05, 0.1) is 29.6 Å². The first-order chi connectivity index (χ1) is 10.9. The van der Waals surface area contributed by atoms with E-state index in [1.54, 1.807) is 4.68 Å². The molecule has 0 atom stereocenters. The minimum Gasteiger partial charge on any atom is -0.481 e. The number of benzene rings is 1. The Hall–Kier alpha value is -2.63. The number of carboxylic acid groups (broad SMARTS) is 1.